The quantitative estimate of drug-likeness (QED) is 0.616. The number of aromatic amines is 1. The highest BCUT2D eigenvalue weighted by molar-refractivity contribution is 5.94. The highest BCUT2D eigenvalue weighted by Crippen LogP contribution is 2.26. The van der Waals surface area contributed by atoms with Crippen molar-refractivity contribution in [1.29, 1.82) is 0 Å². The van der Waals surface area contributed by atoms with Crippen LogP contribution in [0.25, 0.3) is 0 Å². The molecule has 2 heterocycles. The van der Waals surface area contributed by atoms with Gasteiger partial charge in [-0.1, -0.05) is 25.0 Å². The highest BCUT2D eigenvalue weighted by atomic mass is 35.5. The van der Waals surface area contributed by atoms with E-state index in [0.717, 1.165) is 61.2 Å². The molecule has 1 aromatic heterocycles. The second kappa shape index (κ2) is 9.21. The Morgan fingerprint density at radius 3 is 2.86 bits per heavy atom. The first-order valence-corrected chi connectivity index (χ1v) is 9.65. The van der Waals surface area contributed by atoms with Gasteiger partial charge < -0.3 is 16.0 Å². The number of nitrogens with zero attached hydrogens (tertiary/aromatic N) is 1. The fourth-order valence-corrected chi connectivity index (χ4v) is 3.87. The molecule has 1 saturated carbocycles. The summed E-state index contributed by atoms with van der Waals surface area (Å²) in [5.41, 5.74) is 4.17. The monoisotopic (exact) mass is 403 g/mol. The van der Waals surface area contributed by atoms with E-state index in [9.17, 15) is 9.59 Å². The molecule has 1 aliphatic heterocycles. The summed E-state index contributed by atoms with van der Waals surface area (Å²) in [6, 6.07) is 7.63. The zero-order valence-electron chi connectivity index (χ0n) is 15.7. The molecule has 4 rings (SSSR count). The molecular weight excluding hydrogens is 378 g/mol. The molecular formula is C20H26ClN5O2. The van der Waals surface area contributed by atoms with E-state index in [1.807, 2.05) is 24.3 Å². The largest absolute Gasteiger partial charge is 0.347 e. The highest BCUT2D eigenvalue weighted by Gasteiger charge is 2.23. The first kappa shape index (κ1) is 20.4. The van der Waals surface area contributed by atoms with E-state index in [4.69, 9.17) is 0 Å². The van der Waals surface area contributed by atoms with Gasteiger partial charge in [0.15, 0.2) is 5.69 Å². The molecule has 1 aromatic carbocycles. The maximum absolute atomic E-state index is 12.5. The molecule has 150 valence electrons. The zero-order valence-corrected chi connectivity index (χ0v) is 16.5. The third kappa shape index (κ3) is 4.54. The van der Waals surface area contributed by atoms with Crippen LogP contribution in [0.3, 0.4) is 0 Å². The first-order chi connectivity index (χ1) is 13.2. The van der Waals surface area contributed by atoms with E-state index in [1.165, 1.54) is 0 Å². The number of rotatable bonds is 5. The van der Waals surface area contributed by atoms with Crippen LogP contribution in [0.2, 0.25) is 0 Å². The Labute approximate surface area is 170 Å². The maximum atomic E-state index is 12.5. The molecule has 8 heteroatoms. The Morgan fingerprint density at radius 2 is 2.04 bits per heavy atom. The number of halogens is 1. The van der Waals surface area contributed by atoms with Crippen molar-refractivity contribution in [3.63, 3.8) is 0 Å². The average Bonchev–Trinajstić information content (AvgIpc) is 3.36. The predicted octanol–water partition coefficient (Wildman–Crippen LogP) is 2.54. The normalized spacial score (nSPS) is 16.1. The van der Waals surface area contributed by atoms with E-state index < -0.39 is 0 Å². The lowest BCUT2D eigenvalue weighted by Gasteiger charge is -2.13. The predicted molar refractivity (Wildman–Crippen MR) is 109 cm³/mol. The van der Waals surface area contributed by atoms with Crippen molar-refractivity contribution in [2.24, 2.45) is 5.92 Å². The topological polar surface area (TPSA) is 98.9 Å². The van der Waals surface area contributed by atoms with Crippen molar-refractivity contribution in [3.05, 3.63) is 46.8 Å². The molecule has 2 aromatic rings. The summed E-state index contributed by atoms with van der Waals surface area (Å²) in [6.45, 7) is 1.95. The van der Waals surface area contributed by atoms with Crippen LogP contribution in [0.4, 0.5) is 5.69 Å². The van der Waals surface area contributed by atoms with Crippen LogP contribution < -0.4 is 16.0 Å². The Bertz CT molecular complexity index is 845. The Morgan fingerprint density at radius 1 is 1.21 bits per heavy atom. The van der Waals surface area contributed by atoms with Gasteiger partial charge in [-0.2, -0.15) is 5.10 Å². The lowest BCUT2D eigenvalue weighted by atomic mass is 10.1. The number of carbonyl (C=O) groups is 2. The number of aromatic nitrogens is 2. The van der Waals surface area contributed by atoms with Gasteiger partial charge in [-0.15, -0.1) is 12.4 Å². The van der Waals surface area contributed by atoms with Gasteiger partial charge in [-0.25, -0.2) is 0 Å². The van der Waals surface area contributed by atoms with Crippen molar-refractivity contribution >= 4 is 29.9 Å². The summed E-state index contributed by atoms with van der Waals surface area (Å²) in [6.07, 6.45) is 5.08. The van der Waals surface area contributed by atoms with Crippen molar-refractivity contribution in [1.82, 2.24) is 20.8 Å². The van der Waals surface area contributed by atoms with Crippen LogP contribution in [0.1, 0.15) is 53.0 Å². The summed E-state index contributed by atoms with van der Waals surface area (Å²) < 4.78 is 0. The minimum absolute atomic E-state index is 0. The molecule has 28 heavy (non-hydrogen) atoms. The Hall–Kier alpha value is -2.38. The zero-order chi connectivity index (χ0) is 18.6. The average molecular weight is 404 g/mol. The van der Waals surface area contributed by atoms with E-state index in [1.54, 1.807) is 0 Å². The number of amides is 2. The second-order valence-electron chi connectivity index (χ2n) is 7.31. The number of hydrogen-bond acceptors (Lipinski definition) is 4. The van der Waals surface area contributed by atoms with Crippen molar-refractivity contribution < 1.29 is 9.59 Å². The SMILES string of the molecule is Cl.O=C(NCc1cccc(NC(=O)C2CCCC2)c1)c1n[nH]c2c1CNCC2. The molecule has 1 aliphatic carbocycles. The van der Waals surface area contributed by atoms with Gasteiger partial charge in [-0.3, -0.25) is 14.7 Å². The summed E-state index contributed by atoms with van der Waals surface area (Å²) >= 11 is 0. The minimum Gasteiger partial charge on any atom is -0.347 e. The summed E-state index contributed by atoms with van der Waals surface area (Å²) in [5, 5.41) is 16.3. The minimum atomic E-state index is -0.184. The van der Waals surface area contributed by atoms with E-state index in [-0.39, 0.29) is 30.1 Å². The molecule has 2 aliphatic rings. The molecule has 7 nitrogen and oxygen atoms in total. The van der Waals surface area contributed by atoms with Gasteiger partial charge in [0.1, 0.15) is 0 Å². The molecule has 0 saturated heterocycles. The van der Waals surface area contributed by atoms with Crippen LogP contribution in [0.15, 0.2) is 24.3 Å². The summed E-state index contributed by atoms with van der Waals surface area (Å²) in [5.74, 6) is 0.0498. The third-order valence-corrected chi connectivity index (χ3v) is 5.39. The van der Waals surface area contributed by atoms with Gasteiger partial charge in [0.25, 0.3) is 5.91 Å². The molecule has 0 spiro atoms. The molecule has 0 atom stereocenters. The fourth-order valence-electron chi connectivity index (χ4n) is 3.87. The van der Waals surface area contributed by atoms with Gasteiger partial charge in [0.05, 0.1) is 0 Å². The van der Waals surface area contributed by atoms with Crippen LogP contribution in [0, 0.1) is 5.92 Å². The van der Waals surface area contributed by atoms with Gasteiger partial charge in [0.2, 0.25) is 5.91 Å². The number of carbonyl (C=O) groups excluding carboxylic acids is 2. The fraction of sp³-hybridized carbons (Fsp3) is 0.450. The van der Waals surface area contributed by atoms with E-state index in [2.05, 4.69) is 26.1 Å². The Balaban J connectivity index is 0.00000225. The standard InChI is InChI=1S/C20H25N5O2.ClH/c26-19(14-5-1-2-6-14)23-15-7-3-4-13(10-15)11-22-20(27)18-16-12-21-9-8-17(16)24-25-18;/h3-4,7,10,14,21H,1-2,5-6,8-9,11-12H2,(H,22,27)(H,23,26)(H,24,25);1H. The van der Waals surface area contributed by atoms with Crippen LogP contribution in [-0.4, -0.2) is 28.6 Å². The number of H-pyrrole nitrogens is 1. The number of nitrogens with one attached hydrogen (secondary N) is 4. The van der Waals surface area contributed by atoms with Gasteiger partial charge >= 0.3 is 0 Å². The van der Waals surface area contributed by atoms with Crippen molar-refractivity contribution in [2.75, 3.05) is 11.9 Å². The first-order valence-electron chi connectivity index (χ1n) is 9.65. The van der Waals surface area contributed by atoms with Crippen LogP contribution in [-0.2, 0) is 24.3 Å². The van der Waals surface area contributed by atoms with Crippen LogP contribution >= 0.6 is 12.4 Å². The second-order valence-corrected chi connectivity index (χ2v) is 7.31. The number of benzene rings is 1. The number of hydrogen-bond donors (Lipinski definition) is 4. The smallest absolute Gasteiger partial charge is 0.272 e. The molecule has 0 radical (unpaired) electrons. The van der Waals surface area contributed by atoms with Gasteiger partial charge in [0, 0.05) is 48.9 Å². The van der Waals surface area contributed by atoms with E-state index >= 15 is 0 Å². The summed E-state index contributed by atoms with van der Waals surface area (Å²) in [7, 11) is 0. The molecule has 0 unspecified atom stereocenters. The lowest BCUT2D eigenvalue weighted by molar-refractivity contribution is -0.119. The summed E-state index contributed by atoms with van der Waals surface area (Å²) in [4.78, 5) is 24.8. The number of fused-ring (bicyclic) bond motifs is 1. The molecule has 4 N–H and O–H groups in total. The molecule has 1 fully saturated rings. The van der Waals surface area contributed by atoms with Crippen molar-refractivity contribution in [3.8, 4) is 0 Å². The van der Waals surface area contributed by atoms with Gasteiger partial charge in [-0.05, 0) is 30.5 Å². The molecule has 0 bridgehead atoms. The number of anilines is 1. The van der Waals surface area contributed by atoms with E-state index in [0.29, 0.717) is 18.8 Å². The third-order valence-electron chi connectivity index (χ3n) is 5.39. The Kier molecular flexibility index (Phi) is 6.70. The molecule has 2 amide bonds. The maximum Gasteiger partial charge on any atom is 0.272 e. The van der Waals surface area contributed by atoms with Crippen molar-refractivity contribution in [2.45, 2.75) is 45.2 Å². The lowest BCUT2D eigenvalue weighted by Crippen LogP contribution is -2.28. The van der Waals surface area contributed by atoms with Crippen LogP contribution in [0.5, 0.6) is 0 Å².